The fraction of sp³-hybridized carbons (Fsp3) is 0.294. The summed E-state index contributed by atoms with van der Waals surface area (Å²) in [6, 6.07) is 10.7. The molecule has 2 aromatic rings. The van der Waals surface area contributed by atoms with Gasteiger partial charge in [0.1, 0.15) is 11.6 Å². The van der Waals surface area contributed by atoms with Crippen molar-refractivity contribution in [2.75, 3.05) is 12.9 Å². The number of aryl methyl sites for hydroxylation is 1. The van der Waals surface area contributed by atoms with Gasteiger partial charge in [-0.1, -0.05) is 18.2 Å². The number of ether oxygens (including phenoxy) is 1. The minimum Gasteiger partial charge on any atom is -0.497 e. The predicted octanol–water partition coefficient (Wildman–Crippen LogP) is 2.79. The van der Waals surface area contributed by atoms with Gasteiger partial charge in [0, 0.05) is 0 Å². The molecule has 0 heterocycles. The monoisotopic (exact) mass is 338 g/mol. The maximum absolute atomic E-state index is 13.1. The van der Waals surface area contributed by atoms with E-state index in [0.717, 1.165) is 0 Å². The highest BCUT2D eigenvalue weighted by atomic mass is 32.2. The molecule has 4 nitrogen and oxygen atoms in total. The molecule has 2 rings (SSSR count). The topological polar surface area (TPSA) is 63.6 Å². The van der Waals surface area contributed by atoms with E-state index >= 15 is 0 Å². The molecule has 0 spiro atoms. The van der Waals surface area contributed by atoms with Crippen LogP contribution in [-0.4, -0.2) is 26.4 Å². The number of benzene rings is 2. The molecular formula is C17H19FO4S. The van der Waals surface area contributed by atoms with E-state index in [1.54, 1.807) is 31.2 Å². The van der Waals surface area contributed by atoms with E-state index in [1.807, 2.05) is 0 Å². The summed E-state index contributed by atoms with van der Waals surface area (Å²) in [5.74, 6) is -0.455. The van der Waals surface area contributed by atoms with E-state index in [2.05, 4.69) is 0 Å². The lowest BCUT2D eigenvalue weighted by Gasteiger charge is -2.14. The largest absolute Gasteiger partial charge is 0.497 e. The van der Waals surface area contributed by atoms with Gasteiger partial charge in [0.15, 0.2) is 9.84 Å². The number of rotatable bonds is 6. The Hall–Kier alpha value is -1.92. The van der Waals surface area contributed by atoms with Gasteiger partial charge in [-0.05, 0) is 47.9 Å². The Balaban J connectivity index is 2.13. The van der Waals surface area contributed by atoms with Gasteiger partial charge >= 0.3 is 0 Å². The zero-order chi connectivity index (χ0) is 17.0. The van der Waals surface area contributed by atoms with Gasteiger partial charge < -0.3 is 9.84 Å². The quantitative estimate of drug-likeness (QED) is 0.880. The van der Waals surface area contributed by atoms with Crippen LogP contribution >= 0.6 is 0 Å². The zero-order valence-corrected chi connectivity index (χ0v) is 13.8. The third-order valence-electron chi connectivity index (χ3n) is 3.52. The lowest BCUT2D eigenvalue weighted by atomic mass is 10.0. The Morgan fingerprint density at radius 3 is 2.61 bits per heavy atom. The van der Waals surface area contributed by atoms with E-state index in [9.17, 15) is 17.9 Å². The molecule has 0 bridgehead atoms. The van der Waals surface area contributed by atoms with E-state index in [0.29, 0.717) is 22.4 Å². The highest BCUT2D eigenvalue weighted by Crippen LogP contribution is 2.22. The van der Waals surface area contributed by atoms with Crippen LogP contribution in [0.25, 0.3) is 0 Å². The third kappa shape index (κ3) is 4.77. The first kappa shape index (κ1) is 17.4. The number of halogens is 1. The van der Waals surface area contributed by atoms with Crippen molar-refractivity contribution in [3.63, 3.8) is 0 Å². The van der Waals surface area contributed by atoms with Gasteiger partial charge in [0.05, 0.1) is 24.7 Å². The first-order valence-corrected chi connectivity index (χ1v) is 8.90. The maximum Gasteiger partial charge on any atom is 0.157 e. The van der Waals surface area contributed by atoms with Crippen molar-refractivity contribution in [3.8, 4) is 5.75 Å². The van der Waals surface area contributed by atoms with Crippen LogP contribution in [0.3, 0.4) is 0 Å². The molecule has 0 radical (unpaired) electrons. The van der Waals surface area contributed by atoms with Gasteiger partial charge in [-0.2, -0.15) is 0 Å². The Kier molecular flexibility index (Phi) is 5.38. The number of methoxy groups -OCH3 is 1. The number of aliphatic hydroxyl groups excluding tert-OH is 1. The molecule has 0 aliphatic heterocycles. The van der Waals surface area contributed by atoms with E-state index < -0.39 is 27.5 Å². The summed E-state index contributed by atoms with van der Waals surface area (Å²) in [6.45, 7) is 1.64. The summed E-state index contributed by atoms with van der Waals surface area (Å²) in [6.07, 6.45) is -1.19. The van der Waals surface area contributed by atoms with Crippen molar-refractivity contribution in [2.24, 2.45) is 0 Å². The second-order valence-corrected chi connectivity index (χ2v) is 7.53. The van der Waals surface area contributed by atoms with Crippen molar-refractivity contribution in [1.29, 1.82) is 0 Å². The first-order chi connectivity index (χ1) is 10.8. The van der Waals surface area contributed by atoms with Crippen LogP contribution in [0.4, 0.5) is 4.39 Å². The summed E-state index contributed by atoms with van der Waals surface area (Å²) in [5, 5.41) is 10.2. The van der Waals surface area contributed by atoms with Gasteiger partial charge in [0.25, 0.3) is 0 Å². The fourth-order valence-corrected chi connectivity index (χ4v) is 3.88. The number of sulfone groups is 1. The number of hydrogen-bond acceptors (Lipinski definition) is 4. The Morgan fingerprint density at radius 1 is 1.22 bits per heavy atom. The summed E-state index contributed by atoms with van der Waals surface area (Å²) >= 11 is 0. The number of hydrogen-bond donors (Lipinski definition) is 1. The van der Waals surface area contributed by atoms with E-state index in [4.69, 9.17) is 4.74 Å². The van der Waals surface area contributed by atoms with Crippen LogP contribution in [0.5, 0.6) is 5.75 Å². The van der Waals surface area contributed by atoms with E-state index in [1.165, 1.54) is 25.3 Å². The van der Waals surface area contributed by atoms with Gasteiger partial charge in [-0.3, -0.25) is 0 Å². The van der Waals surface area contributed by atoms with Crippen LogP contribution in [0.15, 0.2) is 42.5 Å². The Morgan fingerprint density at radius 2 is 1.96 bits per heavy atom. The standard InChI is InChI=1S/C17H19FO4S/c1-12-8-14(18)6-7-16(12)17(19)11-23(20,21)10-13-4-3-5-15(9-13)22-2/h3-9,17,19H,10-11H2,1-2H3. The van der Waals surface area contributed by atoms with Crippen molar-refractivity contribution in [1.82, 2.24) is 0 Å². The average molecular weight is 338 g/mol. The third-order valence-corrected chi connectivity index (χ3v) is 5.12. The molecule has 1 unspecified atom stereocenters. The normalized spacial score (nSPS) is 12.9. The number of aliphatic hydroxyl groups is 1. The predicted molar refractivity (Wildman–Crippen MR) is 86.6 cm³/mol. The van der Waals surface area contributed by atoms with Crippen molar-refractivity contribution in [3.05, 3.63) is 65.0 Å². The van der Waals surface area contributed by atoms with Gasteiger partial charge in [-0.15, -0.1) is 0 Å². The van der Waals surface area contributed by atoms with Crippen LogP contribution in [0, 0.1) is 12.7 Å². The van der Waals surface area contributed by atoms with Crippen molar-refractivity contribution in [2.45, 2.75) is 18.8 Å². The zero-order valence-electron chi connectivity index (χ0n) is 13.0. The molecule has 2 aromatic carbocycles. The average Bonchev–Trinajstić information content (AvgIpc) is 2.46. The van der Waals surface area contributed by atoms with Crippen LogP contribution in [0.1, 0.15) is 22.8 Å². The minimum atomic E-state index is -3.53. The van der Waals surface area contributed by atoms with Crippen molar-refractivity contribution >= 4 is 9.84 Å². The second kappa shape index (κ2) is 7.10. The molecule has 0 fully saturated rings. The van der Waals surface area contributed by atoms with Crippen LogP contribution in [0.2, 0.25) is 0 Å². The molecule has 0 aliphatic rings. The smallest absolute Gasteiger partial charge is 0.157 e. The first-order valence-electron chi connectivity index (χ1n) is 7.08. The van der Waals surface area contributed by atoms with Gasteiger partial charge in [0.2, 0.25) is 0 Å². The lowest BCUT2D eigenvalue weighted by Crippen LogP contribution is -2.17. The molecule has 6 heteroatoms. The van der Waals surface area contributed by atoms with Crippen molar-refractivity contribution < 1.29 is 22.7 Å². The molecule has 0 aromatic heterocycles. The molecule has 0 saturated heterocycles. The molecule has 0 aliphatic carbocycles. The second-order valence-electron chi connectivity index (χ2n) is 5.42. The minimum absolute atomic E-state index is 0.193. The molecule has 1 atom stereocenters. The molecule has 124 valence electrons. The van der Waals surface area contributed by atoms with E-state index in [-0.39, 0.29) is 5.75 Å². The van der Waals surface area contributed by atoms with Crippen LogP contribution < -0.4 is 4.74 Å². The Labute approximate surface area is 135 Å². The summed E-state index contributed by atoms with van der Waals surface area (Å²) in [7, 11) is -2.02. The molecule has 1 N–H and O–H groups in total. The molecule has 23 heavy (non-hydrogen) atoms. The molecule has 0 saturated carbocycles. The van der Waals surface area contributed by atoms with Gasteiger partial charge in [-0.25, -0.2) is 12.8 Å². The molecule has 0 amide bonds. The Bertz CT molecular complexity index is 787. The van der Waals surface area contributed by atoms with Crippen LogP contribution in [-0.2, 0) is 15.6 Å². The SMILES string of the molecule is COc1cccc(CS(=O)(=O)CC(O)c2ccc(F)cc2C)c1. The maximum atomic E-state index is 13.1. The highest BCUT2D eigenvalue weighted by Gasteiger charge is 2.21. The summed E-state index contributed by atoms with van der Waals surface area (Å²) < 4.78 is 42.7. The highest BCUT2D eigenvalue weighted by molar-refractivity contribution is 7.90. The lowest BCUT2D eigenvalue weighted by molar-refractivity contribution is 0.201. The fourth-order valence-electron chi connectivity index (χ4n) is 2.42. The summed E-state index contributed by atoms with van der Waals surface area (Å²) in [4.78, 5) is 0. The molecular weight excluding hydrogens is 319 g/mol. The summed E-state index contributed by atoms with van der Waals surface area (Å²) in [5.41, 5.74) is 1.53.